The molecule has 0 aromatic heterocycles. The van der Waals surface area contributed by atoms with Gasteiger partial charge in [0.1, 0.15) is 0 Å². The Morgan fingerprint density at radius 3 is 1.67 bits per heavy atom. The fraction of sp³-hybridized carbons (Fsp3) is 0.786. The van der Waals surface area contributed by atoms with E-state index in [2.05, 4.69) is 26.0 Å². The highest BCUT2D eigenvalue weighted by molar-refractivity contribution is 7.53. The maximum atomic E-state index is 13.5. The third-order valence-electron chi connectivity index (χ3n) is 6.18. The molecule has 0 heterocycles. The molecule has 8 heteroatoms. The van der Waals surface area contributed by atoms with Gasteiger partial charge in [0, 0.05) is 18.8 Å². The number of benzene rings is 1. The summed E-state index contributed by atoms with van der Waals surface area (Å²) in [5.41, 5.74) is 2.56. The maximum Gasteiger partial charge on any atom is 0.335 e. The first-order chi connectivity index (χ1) is 17.4. The number of unbranched alkanes of at least 4 members (excludes halogenated alkanes) is 6. The number of rotatable bonds is 22. The van der Waals surface area contributed by atoms with E-state index in [4.69, 9.17) is 18.5 Å². The molecule has 0 spiro atoms. The van der Waals surface area contributed by atoms with Crippen LogP contribution in [0.2, 0.25) is 0 Å². The standard InChI is InChI=1S/C28H50O6P2/c1-7-13-15-17-19-24-22-27(28(35-29,31-9-3)32-10-4)25(20-18-16-14-8-2)21-26(24)23-36(30,33-11-5)34-12-6/h21-22H,7-20,23H2,1-6H3. The van der Waals surface area contributed by atoms with Gasteiger partial charge in [-0.2, -0.15) is 0 Å². The summed E-state index contributed by atoms with van der Waals surface area (Å²) in [6.07, 6.45) is 10.8. The van der Waals surface area contributed by atoms with Crippen molar-refractivity contribution in [3.05, 3.63) is 34.4 Å². The minimum Gasteiger partial charge on any atom is -0.337 e. The van der Waals surface area contributed by atoms with Gasteiger partial charge in [-0.1, -0.05) is 58.4 Å². The second-order valence-corrected chi connectivity index (χ2v) is 11.9. The Bertz CT molecular complexity index is 782. The topological polar surface area (TPSA) is 71.1 Å². The molecule has 0 amide bonds. The summed E-state index contributed by atoms with van der Waals surface area (Å²) in [5.74, 6) is 0. The largest absolute Gasteiger partial charge is 0.337 e. The first-order valence-electron chi connectivity index (χ1n) is 14.0. The van der Waals surface area contributed by atoms with Crippen LogP contribution < -0.4 is 0 Å². The van der Waals surface area contributed by atoms with Crippen LogP contribution in [0.5, 0.6) is 0 Å². The lowest BCUT2D eigenvalue weighted by Gasteiger charge is -2.30. The lowest BCUT2D eigenvalue weighted by atomic mass is 9.92. The molecule has 0 aliphatic carbocycles. The molecule has 0 saturated carbocycles. The SMILES string of the molecule is CCCCCCc1cc(C(OCC)(OCC)P=O)c(CCCCCC)cc1CP(=O)(OCC)OCC. The lowest BCUT2D eigenvalue weighted by Crippen LogP contribution is -2.29. The van der Waals surface area contributed by atoms with Gasteiger partial charge in [-0.3, -0.25) is 9.13 Å². The molecule has 208 valence electrons. The van der Waals surface area contributed by atoms with Crippen molar-refractivity contribution >= 4 is 16.1 Å². The van der Waals surface area contributed by atoms with Crippen LogP contribution in [-0.4, -0.2) is 26.4 Å². The molecule has 1 aromatic carbocycles. The van der Waals surface area contributed by atoms with Gasteiger partial charge in [0.15, 0.2) is 0 Å². The Morgan fingerprint density at radius 1 is 0.694 bits per heavy atom. The third-order valence-corrected chi connectivity index (χ3v) is 8.95. The van der Waals surface area contributed by atoms with E-state index in [1.165, 1.54) is 12.8 Å². The average molecular weight is 545 g/mol. The van der Waals surface area contributed by atoms with Gasteiger partial charge >= 0.3 is 7.60 Å². The molecule has 1 aromatic rings. The number of hydrogen-bond acceptors (Lipinski definition) is 6. The van der Waals surface area contributed by atoms with Crippen molar-refractivity contribution in [1.29, 1.82) is 0 Å². The summed E-state index contributed by atoms with van der Waals surface area (Å²) < 4.78 is 49.5. The van der Waals surface area contributed by atoms with E-state index in [-0.39, 0.29) is 14.6 Å². The lowest BCUT2D eigenvalue weighted by molar-refractivity contribution is -0.177. The van der Waals surface area contributed by atoms with Crippen molar-refractivity contribution in [1.82, 2.24) is 0 Å². The van der Waals surface area contributed by atoms with Crippen molar-refractivity contribution in [3.63, 3.8) is 0 Å². The van der Waals surface area contributed by atoms with Gasteiger partial charge in [0.05, 0.1) is 19.4 Å². The predicted molar refractivity (Wildman–Crippen MR) is 149 cm³/mol. The van der Waals surface area contributed by atoms with E-state index in [0.29, 0.717) is 26.4 Å². The Balaban J connectivity index is 3.66. The Hall–Kier alpha value is -0.610. The summed E-state index contributed by atoms with van der Waals surface area (Å²) in [5, 5.41) is 0. The molecule has 0 aliphatic rings. The molecule has 0 saturated heterocycles. The number of ether oxygens (including phenoxy) is 2. The van der Waals surface area contributed by atoms with Gasteiger partial charge < -0.3 is 18.5 Å². The molecule has 0 N–H and O–H groups in total. The highest BCUT2D eigenvalue weighted by Gasteiger charge is 2.38. The maximum absolute atomic E-state index is 13.5. The van der Waals surface area contributed by atoms with Crippen LogP contribution >= 0.6 is 16.1 Å². The molecule has 1 rings (SSSR count). The minimum atomic E-state index is -3.28. The van der Waals surface area contributed by atoms with Crippen molar-refractivity contribution in [2.24, 2.45) is 0 Å². The van der Waals surface area contributed by atoms with Gasteiger partial charge in [-0.15, -0.1) is 0 Å². The van der Waals surface area contributed by atoms with E-state index < -0.39 is 13.1 Å². The fourth-order valence-corrected chi connectivity index (χ4v) is 6.95. The van der Waals surface area contributed by atoms with Crippen LogP contribution in [0, 0.1) is 0 Å². The first kappa shape index (κ1) is 33.4. The summed E-state index contributed by atoms with van der Waals surface area (Å²) >= 11 is 0. The normalized spacial score (nSPS) is 12.5. The minimum absolute atomic E-state index is 0.223. The zero-order chi connectivity index (χ0) is 26.9. The van der Waals surface area contributed by atoms with E-state index in [9.17, 15) is 9.13 Å². The zero-order valence-electron chi connectivity index (χ0n) is 23.6. The summed E-state index contributed by atoms with van der Waals surface area (Å²) in [4.78, 5) is 0. The smallest absolute Gasteiger partial charge is 0.335 e. The van der Waals surface area contributed by atoms with E-state index >= 15 is 0 Å². The van der Waals surface area contributed by atoms with Gasteiger partial charge in [0.25, 0.3) is 5.53 Å². The highest BCUT2D eigenvalue weighted by Crippen LogP contribution is 2.52. The molecule has 0 fully saturated rings. The van der Waals surface area contributed by atoms with E-state index in [1.807, 2.05) is 27.7 Å². The average Bonchev–Trinajstić information content (AvgIpc) is 2.85. The Morgan fingerprint density at radius 2 is 1.22 bits per heavy atom. The molecule has 0 unspecified atom stereocenters. The zero-order valence-corrected chi connectivity index (χ0v) is 25.4. The van der Waals surface area contributed by atoms with Crippen LogP contribution in [0.3, 0.4) is 0 Å². The van der Waals surface area contributed by atoms with Crippen molar-refractivity contribution in [3.8, 4) is 0 Å². The Kier molecular flexibility index (Phi) is 17.3. The second-order valence-electron chi connectivity index (χ2n) is 9.04. The van der Waals surface area contributed by atoms with Crippen molar-refractivity contribution in [2.75, 3.05) is 26.4 Å². The molecule has 0 bridgehead atoms. The fourth-order valence-electron chi connectivity index (χ4n) is 4.53. The predicted octanol–water partition coefficient (Wildman–Crippen LogP) is 9.17. The summed E-state index contributed by atoms with van der Waals surface area (Å²) in [6.45, 7) is 13.3. The summed E-state index contributed by atoms with van der Waals surface area (Å²) in [6, 6.07) is 4.22. The van der Waals surface area contributed by atoms with Crippen LogP contribution in [0.4, 0.5) is 0 Å². The highest BCUT2D eigenvalue weighted by atomic mass is 31.2. The van der Waals surface area contributed by atoms with Crippen molar-refractivity contribution < 1.29 is 27.7 Å². The molecule has 6 nitrogen and oxygen atoms in total. The molecule has 36 heavy (non-hydrogen) atoms. The van der Waals surface area contributed by atoms with Crippen LogP contribution in [0.15, 0.2) is 12.1 Å². The summed E-state index contributed by atoms with van der Waals surface area (Å²) in [7, 11) is -3.51. The number of hydrogen-bond donors (Lipinski definition) is 0. The monoisotopic (exact) mass is 544 g/mol. The Labute approximate surface area is 221 Å². The molecule has 0 aliphatic heterocycles. The quantitative estimate of drug-likeness (QED) is 0.0823. The van der Waals surface area contributed by atoms with Gasteiger partial charge in [-0.05, 0) is 76.1 Å². The van der Waals surface area contributed by atoms with Crippen molar-refractivity contribution in [2.45, 2.75) is 117 Å². The van der Waals surface area contributed by atoms with E-state index in [1.54, 1.807) is 0 Å². The molecular formula is C28H50O6P2. The van der Waals surface area contributed by atoms with Crippen LogP contribution in [0.25, 0.3) is 0 Å². The first-order valence-corrected chi connectivity index (χ1v) is 16.6. The molecule has 0 atom stereocenters. The van der Waals surface area contributed by atoms with Crippen LogP contribution in [-0.2, 0) is 52.2 Å². The molecular weight excluding hydrogens is 494 g/mol. The van der Waals surface area contributed by atoms with Crippen LogP contribution in [0.1, 0.15) is 115 Å². The second kappa shape index (κ2) is 18.6. The molecule has 0 radical (unpaired) electrons. The van der Waals surface area contributed by atoms with E-state index in [0.717, 1.165) is 73.6 Å². The van der Waals surface area contributed by atoms with Gasteiger partial charge in [0.2, 0.25) is 8.46 Å². The van der Waals surface area contributed by atoms with Gasteiger partial charge in [-0.25, -0.2) is 0 Å². The number of aryl methyl sites for hydroxylation is 2. The third kappa shape index (κ3) is 10.6.